The van der Waals surface area contributed by atoms with Crippen molar-refractivity contribution in [3.05, 3.63) is 40.9 Å². The van der Waals surface area contributed by atoms with Crippen molar-refractivity contribution in [3.63, 3.8) is 0 Å². The number of nitrogens with zero attached hydrogens (tertiary/aromatic N) is 4. The molecule has 0 bridgehead atoms. The van der Waals surface area contributed by atoms with E-state index in [1.807, 2.05) is 24.3 Å². The Hall–Kier alpha value is -1.90. The highest BCUT2D eigenvalue weighted by Gasteiger charge is 2.06. The average molecular weight is 262 g/mol. The molecule has 0 fully saturated rings. The summed E-state index contributed by atoms with van der Waals surface area (Å²) in [5, 5.41) is 16.5. The lowest BCUT2D eigenvalue weighted by Gasteiger charge is -2.07. The Morgan fingerprint density at radius 3 is 2.94 bits per heavy atom. The molecule has 18 heavy (non-hydrogen) atoms. The third kappa shape index (κ3) is 2.67. The van der Waals surface area contributed by atoms with Crippen LogP contribution in [0.3, 0.4) is 0 Å². The molecule has 0 amide bonds. The molecule has 1 aromatic heterocycles. The number of hydrogen-bond acceptors (Lipinski definition) is 4. The zero-order chi connectivity index (χ0) is 13.0. The number of halogens is 1. The molecule has 0 aliphatic carbocycles. The molecule has 0 atom stereocenters. The second-order valence-corrected chi connectivity index (χ2v) is 4.10. The van der Waals surface area contributed by atoms with Crippen LogP contribution in [0.1, 0.15) is 18.3 Å². The predicted octanol–water partition coefficient (Wildman–Crippen LogP) is 1.90. The smallest absolute Gasteiger partial charge is 0.252 e. The summed E-state index contributed by atoms with van der Waals surface area (Å²) in [4.78, 5) is 3.84. The lowest BCUT2D eigenvalue weighted by atomic mass is 10.2. The largest absolute Gasteiger partial charge is 0.313 e. The third-order valence-electron chi connectivity index (χ3n) is 2.43. The van der Waals surface area contributed by atoms with Gasteiger partial charge in [0.2, 0.25) is 0 Å². The predicted molar refractivity (Wildman–Crippen MR) is 68.5 cm³/mol. The fourth-order valence-corrected chi connectivity index (χ4v) is 1.84. The number of aromatic nitrogens is 3. The molecule has 1 aromatic carbocycles. The van der Waals surface area contributed by atoms with Crippen LogP contribution >= 0.6 is 11.6 Å². The molecular formula is C12H12ClN5. The van der Waals surface area contributed by atoms with Gasteiger partial charge in [0, 0.05) is 6.54 Å². The van der Waals surface area contributed by atoms with Crippen LogP contribution in [0.25, 0.3) is 5.69 Å². The first kappa shape index (κ1) is 12.6. The highest BCUT2D eigenvalue weighted by atomic mass is 35.5. The molecule has 2 aromatic rings. The van der Waals surface area contributed by atoms with Crippen LogP contribution in [0, 0.1) is 11.3 Å². The molecule has 0 spiro atoms. The van der Waals surface area contributed by atoms with Crippen LogP contribution < -0.4 is 5.32 Å². The normalized spacial score (nSPS) is 10.3. The quantitative estimate of drug-likeness (QED) is 0.913. The summed E-state index contributed by atoms with van der Waals surface area (Å²) < 4.78 is 1.50. The highest BCUT2D eigenvalue weighted by Crippen LogP contribution is 2.21. The molecule has 0 aliphatic rings. The van der Waals surface area contributed by atoms with Crippen molar-refractivity contribution in [2.75, 3.05) is 6.54 Å². The molecule has 0 radical (unpaired) electrons. The van der Waals surface area contributed by atoms with E-state index in [0.717, 1.165) is 18.7 Å². The van der Waals surface area contributed by atoms with Crippen molar-refractivity contribution >= 4 is 11.6 Å². The second-order valence-electron chi connectivity index (χ2n) is 3.69. The molecule has 92 valence electrons. The van der Waals surface area contributed by atoms with E-state index in [1.54, 1.807) is 0 Å². The summed E-state index contributed by atoms with van der Waals surface area (Å²) in [6.07, 6.45) is 1.48. The Labute approximate surface area is 110 Å². The summed E-state index contributed by atoms with van der Waals surface area (Å²) in [6.45, 7) is 3.74. The van der Waals surface area contributed by atoms with E-state index in [0.29, 0.717) is 10.7 Å². The highest BCUT2D eigenvalue weighted by molar-refractivity contribution is 6.32. The number of benzene rings is 1. The minimum Gasteiger partial charge on any atom is -0.313 e. The van der Waals surface area contributed by atoms with Crippen molar-refractivity contribution < 1.29 is 0 Å². The van der Waals surface area contributed by atoms with Crippen LogP contribution in [-0.4, -0.2) is 21.3 Å². The third-order valence-corrected chi connectivity index (χ3v) is 2.73. The SMILES string of the molecule is CCNCc1ccc(-n2cnc(C#N)n2)c(Cl)c1. The Morgan fingerprint density at radius 2 is 2.33 bits per heavy atom. The maximum absolute atomic E-state index is 8.68. The van der Waals surface area contributed by atoms with Gasteiger partial charge in [-0.15, -0.1) is 5.10 Å². The van der Waals surface area contributed by atoms with Gasteiger partial charge < -0.3 is 5.32 Å². The molecule has 0 saturated heterocycles. The van der Waals surface area contributed by atoms with Crippen molar-refractivity contribution in [2.24, 2.45) is 0 Å². The van der Waals surface area contributed by atoms with Crippen molar-refractivity contribution in [2.45, 2.75) is 13.5 Å². The van der Waals surface area contributed by atoms with Gasteiger partial charge in [-0.25, -0.2) is 9.67 Å². The molecule has 6 heteroatoms. The Kier molecular flexibility index (Phi) is 3.92. The molecule has 0 aliphatic heterocycles. The average Bonchev–Trinajstić information content (AvgIpc) is 2.85. The van der Waals surface area contributed by atoms with Gasteiger partial charge in [0.15, 0.2) is 0 Å². The van der Waals surface area contributed by atoms with E-state index < -0.39 is 0 Å². The van der Waals surface area contributed by atoms with Gasteiger partial charge in [-0.3, -0.25) is 0 Å². The fraction of sp³-hybridized carbons (Fsp3) is 0.250. The lowest BCUT2D eigenvalue weighted by molar-refractivity contribution is 0.726. The second kappa shape index (κ2) is 5.63. The number of nitriles is 1. The molecule has 1 heterocycles. The van der Waals surface area contributed by atoms with Gasteiger partial charge >= 0.3 is 0 Å². The van der Waals surface area contributed by atoms with Gasteiger partial charge in [0.1, 0.15) is 12.4 Å². The van der Waals surface area contributed by atoms with E-state index >= 15 is 0 Å². The number of hydrogen-bond donors (Lipinski definition) is 1. The summed E-state index contributed by atoms with van der Waals surface area (Å²) in [5.41, 5.74) is 1.82. The minimum absolute atomic E-state index is 0.128. The van der Waals surface area contributed by atoms with E-state index in [-0.39, 0.29) is 5.82 Å². The maximum atomic E-state index is 8.68. The monoisotopic (exact) mass is 261 g/mol. The maximum Gasteiger partial charge on any atom is 0.252 e. The fourth-order valence-electron chi connectivity index (χ4n) is 1.55. The van der Waals surface area contributed by atoms with Gasteiger partial charge in [0.05, 0.1) is 10.7 Å². The van der Waals surface area contributed by atoms with E-state index in [9.17, 15) is 0 Å². The van der Waals surface area contributed by atoms with Crippen molar-refractivity contribution in [1.29, 1.82) is 5.26 Å². The zero-order valence-electron chi connectivity index (χ0n) is 9.89. The number of rotatable bonds is 4. The molecule has 5 nitrogen and oxygen atoms in total. The van der Waals surface area contributed by atoms with Gasteiger partial charge in [0.25, 0.3) is 5.82 Å². The first-order valence-electron chi connectivity index (χ1n) is 5.56. The zero-order valence-corrected chi connectivity index (χ0v) is 10.6. The molecule has 1 N–H and O–H groups in total. The standard InChI is InChI=1S/C12H12ClN5/c1-2-15-7-9-3-4-11(10(13)5-9)18-8-16-12(6-14)17-18/h3-5,8,15H,2,7H2,1H3. The van der Waals surface area contributed by atoms with Crippen LogP contribution in [0.4, 0.5) is 0 Å². The van der Waals surface area contributed by atoms with E-state index in [1.165, 1.54) is 11.0 Å². The topological polar surface area (TPSA) is 66.5 Å². The van der Waals surface area contributed by atoms with Crippen molar-refractivity contribution in [3.8, 4) is 11.8 Å². The Balaban J connectivity index is 2.27. The van der Waals surface area contributed by atoms with E-state index in [2.05, 4.69) is 22.3 Å². The van der Waals surface area contributed by atoms with Crippen LogP contribution in [0.5, 0.6) is 0 Å². The Morgan fingerprint density at radius 1 is 1.50 bits per heavy atom. The summed E-state index contributed by atoms with van der Waals surface area (Å²) in [6, 6.07) is 7.60. The lowest BCUT2D eigenvalue weighted by Crippen LogP contribution is -2.11. The summed E-state index contributed by atoms with van der Waals surface area (Å²) in [5.74, 6) is 0.128. The van der Waals surface area contributed by atoms with Crippen LogP contribution in [0.15, 0.2) is 24.5 Å². The Bertz CT molecular complexity index is 584. The number of nitrogens with one attached hydrogen (secondary N) is 1. The summed E-state index contributed by atoms with van der Waals surface area (Å²) >= 11 is 6.20. The molecule has 2 rings (SSSR count). The van der Waals surface area contributed by atoms with Gasteiger partial charge in [-0.2, -0.15) is 5.26 Å². The molecule has 0 unspecified atom stereocenters. The molecular weight excluding hydrogens is 250 g/mol. The summed E-state index contributed by atoms with van der Waals surface area (Å²) in [7, 11) is 0. The molecule has 0 saturated carbocycles. The minimum atomic E-state index is 0.128. The van der Waals surface area contributed by atoms with Gasteiger partial charge in [-0.05, 0) is 24.2 Å². The van der Waals surface area contributed by atoms with E-state index in [4.69, 9.17) is 16.9 Å². The first-order chi connectivity index (χ1) is 8.74. The van der Waals surface area contributed by atoms with Crippen LogP contribution in [0.2, 0.25) is 5.02 Å². The van der Waals surface area contributed by atoms with Crippen molar-refractivity contribution in [1.82, 2.24) is 20.1 Å². The van der Waals surface area contributed by atoms with Crippen LogP contribution in [-0.2, 0) is 6.54 Å². The van der Waals surface area contributed by atoms with Gasteiger partial charge in [-0.1, -0.05) is 24.6 Å². The first-order valence-corrected chi connectivity index (χ1v) is 5.93.